The van der Waals surface area contributed by atoms with Crippen LogP contribution in [0.5, 0.6) is 0 Å². The Labute approximate surface area is 106 Å². The Bertz CT molecular complexity index is 940. The molecule has 1 spiro atoms. The first-order valence-corrected chi connectivity index (χ1v) is 14.3. The Morgan fingerprint density at radius 3 is 1.25 bits per heavy atom. The zero-order chi connectivity index (χ0) is 12.8. The molecule has 0 atom stereocenters. The first kappa shape index (κ1) is 8.00. The van der Waals surface area contributed by atoms with Crippen molar-refractivity contribution in [1.29, 1.82) is 0 Å². The van der Waals surface area contributed by atoms with E-state index in [0.29, 0.717) is 5.56 Å². The van der Waals surface area contributed by atoms with Gasteiger partial charge in [0.25, 0.3) is 0 Å². The maximum atomic E-state index is 10.2. The minimum atomic E-state index is -2.28. The Hall–Kier alpha value is -0.791. The zero-order valence-corrected chi connectivity index (χ0v) is 12.0. The molecule has 10 aliphatic rings. The van der Waals surface area contributed by atoms with Crippen LogP contribution in [0.25, 0.3) is 0 Å². The molecule has 1 aromatic rings. The van der Waals surface area contributed by atoms with Gasteiger partial charge in [0.1, 0.15) is 0 Å². The molecule has 10 saturated heterocycles. The second kappa shape index (κ2) is 0.743. The van der Waals surface area contributed by atoms with Gasteiger partial charge in [-0.3, -0.25) is 0 Å². The van der Waals surface area contributed by atoms with Crippen molar-refractivity contribution in [2.75, 3.05) is 0 Å². The van der Waals surface area contributed by atoms with Crippen LogP contribution >= 0.6 is 0 Å². The second-order valence-electron chi connectivity index (χ2n) is 11.3. The second-order valence-corrected chi connectivity index (χ2v) is 35.2. The van der Waals surface area contributed by atoms with Crippen molar-refractivity contribution in [2.45, 2.75) is 48.2 Å². The predicted octanol–water partition coefficient (Wildman–Crippen LogP) is 4.76. The van der Waals surface area contributed by atoms with Crippen LogP contribution < -0.4 is 0 Å². The van der Waals surface area contributed by atoms with Crippen LogP contribution in [-0.4, -0.2) is 11.1 Å². The van der Waals surface area contributed by atoms with Crippen LogP contribution in [0.3, 0.4) is 0 Å². The summed E-state index contributed by atoms with van der Waals surface area (Å²) in [6.45, 7) is -2.28. The number of carboxylic acids is 1. The predicted molar refractivity (Wildman–Crippen MR) is 70.9 cm³/mol. The van der Waals surface area contributed by atoms with E-state index in [1.54, 1.807) is 78.5 Å². The van der Waals surface area contributed by atoms with Gasteiger partial charge in [-0.25, -0.2) is 4.79 Å². The van der Waals surface area contributed by atoms with Crippen molar-refractivity contribution in [3.05, 3.63) is 35.9 Å². The molecule has 3 heteroatoms. The van der Waals surface area contributed by atoms with Crippen molar-refractivity contribution in [3.63, 3.8) is 0 Å². The summed E-state index contributed by atoms with van der Waals surface area (Å²) < 4.78 is 0. The van der Waals surface area contributed by atoms with E-state index in [9.17, 15) is 4.79 Å². The molecule has 10 heterocycles. The van der Waals surface area contributed by atoms with Gasteiger partial charge in [0.2, 0.25) is 0 Å². The third-order valence-corrected chi connectivity index (χ3v) is 57.5. The summed E-state index contributed by atoms with van der Waals surface area (Å²) in [5.41, 5.74) is 0.331. The van der Waals surface area contributed by atoms with Gasteiger partial charge in [-0.05, 0) is 12.1 Å². The van der Waals surface area contributed by atoms with Crippen molar-refractivity contribution in [1.82, 2.24) is 0 Å². The monoisotopic (exact) mass is 308 g/mol. The molecule has 10 fully saturated rings. The normalized spacial score (nSPS) is 98.0. The first-order valence-electron chi connectivity index (χ1n) is 7.96. The molecule has 0 aliphatic carbocycles. The van der Waals surface area contributed by atoms with Gasteiger partial charge in [-0.2, -0.15) is 0 Å². The zero-order valence-electron chi connectivity index (χ0n) is 10.9. The molecule has 0 unspecified atom stereocenters. The van der Waals surface area contributed by atoms with E-state index in [1.807, 2.05) is 0 Å². The van der Waals surface area contributed by atoms with E-state index >= 15 is 0 Å². The Kier molecular flexibility index (Phi) is 0.297. The number of hydrogen-bond donors (Lipinski definition) is 1. The van der Waals surface area contributed by atoms with Crippen molar-refractivity contribution in [3.8, 4) is 0 Å². The van der Waals surface area contributed by atoms with Gasteiger partial charge < -0.3 is 5.11 Å². The molecule has 0 bridgehead atoms. The molecule has 0 amide bonds. The fourth-order valence-corrected chi connectivity index (χ4v) is 88.6. The molecule has 11 rings (SSSR count). The molecular weight excluding hydrogens is 292 g/mol. The van der Waals surface area contributed by atoms with Crippen LogP contribution in [0, 0.1) is 0 Å². The SMILES string of the molecule is O=C(O)c1ccccc1.[CH]12[CH]3[CH]4[CH]5[CH]1[Fe]23451678[CH]2[CH]1[CH]6[CH]7[CH]28. The maximum absolute atomic E-state index is 10.2. The molecule has 0 radical (unpaired) electrons. The first-order chi connectivity index (χ1) is 9.46. The van der Waals surface area contributed by atoms with Crippen molar-refractivity contribution in [2.24, 2.45) is 0 Å². The van der Waals surface area contributed by atoms with Crippen molar-refractivity contribution >= 4 is 5.97 Å². The average molecular weight is 308 g/mol. The van der Waals surface area contributed by atoms with Gasteiger partial charge >= 0.3 is 60.6 Å². The van der Waals surface area contributed by atoms with Crippen LogP contribution in [0.1, 0.15) is 10.4 Å². The summed E-state index contributed by atoms with van der Waals surface area (Å²) in [6.07, 6.45) is 0. The molecule has 0 aromatic heterocycles. The topological polar surface area (TPSA) is 37.3 Å². The van der Waals surface area contributed by atoms with Crippen molar-refractivity contribution < 1.29 is 16.4 Å². The van der Waals surface area contributed by atoms with Crippen LogP contribution in [0.4, 0.5) is 0 Å². The Morgan fingerprint density at radius 2 is 1.10 bits per heavy atom. The number of rotatable bonds is 1. The number of aromatic carboxylic acids is 1. The quantitative estimate of drug-likeness (QED) is 0.759. The van der Waals surface area contributed by atoms with Gasteiger partial charge in [0, 0.05) is 0 Å². The van der Waals surface area contributed by atoms with E-state index in [2.05, 4.69) is 0 Å². The van der Waals surface area contributed by atoms with E-state index in [-0.39, 0.29) is 0 Å². The molecule has 104 valence electrons. The molecular formula is C17H16FeO2. The molecule has 1 N–H and O–H groups in total. The average Bonchev–Trinajstić information content (AvgIpc) is 3.40. The summed E-state index contributed by atoms with van der Waals surface area (Å²) in [5.74, 6) is -0.879. The van der Waals surface area contributed by atoms with Crippen LogP contribution in [0.2, 0.25) is 48.2 Å². The Balaban J connectivity index is 0.0000000802. The van der Waals surface area contributed by atoms with Gasteiger partial charge in [0.15, 0.2) is 0 Å². The Morgan fingerprint density at radius 1 is 0.750 bits per heavy atom. The van der Waals surface area contributed by atoms with Crippen LogP contribution in [0.15, 0.2) is 30.3 Å². The summed E-state index contributed by atoms with van der Waals surface area (Å²) in [4.78, 5) is 26.1. The van der Waals surface area contributed by atoms with Gasteiger partial charge in [-0.15, -0.1) is 0 Å². The molecule has 0 saturated carbocycles. The summed E-state index contributed by atoms with van der Waals surface area (Å²) in [5, 5.41) is 8.38. The number of carboxylic acid groups (broad SMARTS) is 1. The minimum absolute atomic E-state index is 0.331. The van der Waals surface area contributed by atoms with Gasteiger partial charge in [0.05, 0.1) is 5.56 Å². The summed E-state index contributed by atoms with van der Waals surface area (Å²) in [7, 11) is 0. The van der Waals surface area contributed by atoms with Crippen LogP contribution in [-0.2, 0) is 6.51 Å². The summed E-state index contributed by atoms with van der Waals surface area (Å²) in [6, 6.07) is 8.30. The fourth-order valence-electron chi connectivity index (χ4n) is 16.4. The molecule has 2 nitrogen and oxygen atoms in total. The number of carbonyl (C=O) groups is 1. The van der Waals surface area contributed by atoms with E-state index in [1.165, 1.54) is 0 Å². The van der Waals surface area contributed by atoms with E-state index in [4.69, 9.17) is 5.11 Å². The number of hydrogen-bond acceptors (Lipinski definition) is 1. The number of fused-ring (bicyclic) bond motifs is 10. The van der Waals surface area contributed by atoms with E-state index in [0.717, 1.165) is 0 Å². The fraction of sp³-hybridized carbons (Fsp3) is 0.588. The third kappa shape index (κ3) is 0.101. The molecule has 20 heavy (non-hydrogen) atoms. The molecule has 10 aliphatic heterocycles. The summed E-state index contributed by atoms with van der Waals surface area (Å²) >= 11 is 0. The molecule has 1 aromatic carbocycles. The number of benzene rings is 1. The van der Waals surface area contributed by atoms with Gasteiger partial charge in [-0.1, -0.05) is 18.2 Å². The standard InChI is InChI=1S/C7H6O2.2C5H5.Fe/c8-7(9)6-4-2-1-3-5-6;2*1-2-4-5-3-1;/h1-5H,(H,8,9);2*1-5H;. The van der Waals surface area contributed by atoms with E-state index < -0.39 is 12.5 Å². The third-order valence-electron chi connectivity index (χ3n) is 15.6.